The molecule has 3 nitrogen and oxygen atoms in total. The van der Waals surface area contributed by atoms with Crippen LogP contribution in [0.15, 0.2) is 0 Å². The number of nitrogens with one attached hydrogen (secondary N) is 2. The van der Waals surface area contributed by atoms with Crippen LogP contribution in [0.2, 0.25) is 0 Å². The molecule has 0 aromatic rings. The monoisotopic (exact) mass is 210 g/mol. The molecule has 86 valence electrons. The van der Waals surface area contributed by atoms with E-state index in [0.29, 0.717) is 0 Å². The van der Waals surface area contributed by atoms with Crippen LogP contribution in [-0.4, -0.2) is 24.5 Å². The van der Waals surface area contributed by atoms with Gasteiger partial charge in [0.25, 0.3) is 0 Å². The average molecular weight is 210 g/mol. The molecule has 15 heavy (non-hydrogen) atoms. The normalized spacial score (nSPS) is 33.5. The van der Waals surface area contributed by atoms with Gasteiger partial charge in [0.2, 0.25) is 5.91 Å². The average Bonchev–Trinajstić information content (AvgIpc) is 2.97. The molecule has 1 unspecified atom stereocenters. The Morgan fingerprint density at radius 3 is 2.60 bits per heavy atom. The van der Waals surface area contributed by atoms with Crippen LogP contribution < -0.4 is 10.6 Å². The Bertz CT molecular complexity index is 252. The van der Waals surface area contributed by atoms with Gasteiger partial charge in [0.15, 0.2) is 0 Å². The summed E-state index contributed by atoms with van der Waals surface area (Å²) in [4.78, 5) is 12.3. The summed E-state index contributed by atoms with van der Waals surface area (Å²) in [6.45, 7) is 6.18. The molecule has 1 heterocycles. The van der Waals surface area contributed by atoms with Crippen LogP contribution in [0.4, 0.5) is 0 Å². The van der Waals surface area contributed by atoms with E-state index in [2.05, 4.69) is 24.5 Å². The van der Waals surface area contributed by atoms with E-state index in [1.165, 1.54) is 0 Å². The molecule has 0 spiro atoms. The van der Waals surface area contributed by atoms with E-state index < -0.39 is 0 Å². The lowest BCUT2D eigenvalue weighted by Crippen LogP contribution is -2.52. The van der Waals surface area contributed by atoms with E-state index in [1.807, 2.05) is 0 Å². The van der Waals surface area contributed by atoms with Crippen LogP contribution in [0.5, 0.6) is 0 Å². The van der Waals surface area contributed by atoms with Crippen molar-refractivity contribution in [2.45, 2.75) is 51.5 Å². The lowest BCUT2D eigenvalue weighted by Gasteiger charge is -2.36. The highest BCUT2D eigenvalue weighted by molar-refractivity contribution is 5.84. The summed E-state index contributed by atoms with van der Waals surface area (Å²) in [7, 11) is 0. The molecule has 1 saturated heterocycles. The molecule has 0 aromatic heterocycles. The molecule has 1 aliphatic heterocycles. The highest BCUT2D eigenvalue weighted by Gasteiger charge is 2.45. The molecule has 0 bridgehead atoms. The van der Waals surface area contributed by atoms with Gasteiger partial charge in [0.05, 0.1) is 5.41 Å². The van der Waals surface area contributed by atoms with E-state index in [4.69, 9.17) is 0 Å². The van der Waals surface area contributed by atoms with Crippen LogP contribution in [0.3, 0.4) is 0 Å². The summed E-state index contributed by atoms with van der Waals surface area (Å²) in [5.41, 5.74) is -0.0133. The first-order chi connectivity index (χ1) is 7.10. The molecule has 2 rings (SSSR count). The second kappa shape index (κ2) is 3.78. The first-order valence-electron chi connectivity index (χ1n) is 6.14. The fourth-order valence-corrected chi connectivity index (χ4v) is 2.34. The van der Waals surface area contributed by atoms with Gasteiger partial charge in [-0.1, -0.05) is 6.92 Å². The van der Waals surface area contributed by atoms with Crippen LogP contribution in [0, 0.1) is 5.41 Å². The molecule has 0 aromatic carbocycles. The number of rotatable bonds is 3. The van der Waals surface area contributed by atoms with Crippen molar-refractivity contribution in [3.8, 4) is 0 Å². The zero-order valence-electron chi connectivity index (χ0n) is 9.86. The smallest absolute Gasteiger partial charge is 0.227 e. The summed E-state index contributed by atoms with van der Waals surface area (Å²) in [5.74, 6) is 0.275. The molecule has 0 radical (unpaired) electrons. The maximum absolute atomic E-state index is 12.3. The maximum atomic E-state index is 12.3. The van der Waals surface area contributed by atoms with Crippen molar-refractivity contribution in [2.24, 2.45) is 5.41 Å². The van der Waals surface area contributed by atoms with Crippen molar-refractivity contribution in [3.05, 3.63) is 0 Å². The van der Waals surface area contributed by atoms with Crippen LogP contribution in [0.1, 0.15) is 46.0 Å². The van der Waals surface area contributed by atoms with E-state index in [1.54, 1.807) is 0 Å². The van der Waals surface area contributed by atoms with Crippen molar-refractivity contribution >= 4 is 5.91 Å². The third kappa shape index (κ3) is 2.17. The fraction of sp³-hybridized carbons (Fsp3) is 0.917. The SMILES string of the molecule is CCC1(C(=O)NC2(C)CC2)CCCNC1. The standard InChI is InChI=1S/C12H22N2O/c1-3-12(5-4-8-13-9-12)10(15)14-11(2)6-7-11/h13H,3-9H2,1-2H3,(H,14,15). The number of amides is 1. The van der Waals surface area contributed by atoms with Gasteiger partial charge in [-0.25, -0.2) is 0 Å². The number of carbonyl (C=O) groups is 1. The summed E-state index contributed by atoms with van der Waals surface area (Å²) < 4.78 is 0. The molecular weight excluding hydrogens is 188 g/mol. The predicted octanol–water partition coefficient (Wildman–Crippen LogP) is 1.43. The summed E-state index contributed by atoms with van der Waals surface area (Å²) in [6, 6.07) is 0. The Kier molecular flexibility index (Phi) is 2.75. The van der Waals surface area contributed by atoms with Crippen molar-refractivity contribution in [1.82, 2.24) is 10.6 Å². The van der Waals surface area contributed by atoms with Crippen LogP contribution in [-0.2, 0) is 4.79 Å². The zero-order chi connectivity index (χ0) is 10.9. The Hall–Kier alpha value is -0.570. The Morgan fingerprint density at radius 1 is 1.40 bits per heavy atom. The zero-order valence-corrected chi connectivity index (χ0v) is 9.86. The first-order valence-corrected chi connectivity index (χ1v) is 6.14. The largest absolute Gasteiger partial charge is 0.350 e. The highest BCUT2D eigenvalue weighted by Crippen LogP contribution is 2.37. The predicted molar refractivity (Wildman–Crippen MR) is 60.6 cm³/mol. The Morgan fingerprint density at radius 2 is 2.13 bits per heavy atom. The lowest BCUT2D eigenvalue weighted by molar-refractivity contribution is -0.133. The third-order valence-corrected chi connectivity index (χ3v) is 4.05. The van der Waals surface area contributed by atoms with Gasteiger partial charge in [0.1, 0.15) is 0 Å². The Balaban J connectivity index is 2.00. The molecule has 1 aliphatic carbocycles. The quantitative estimate of drug-likeness (QED) is 0.740. The lowest BCUT2D eigenvalue weighted by atomic mass is 9.77. The van der Waals surface area contributed by atoms with Crippen LogP contribution in [0.25, 0.3) is 0 Å². The minimum absolute atomic E-state index is 0.122. The van der Waals surface area contributed by atoms with Gasteiger partial charge in [-0.3, -0.25) is 4.79 Å². The van der Waals surface area contributed by atoms with E-state index >= 15 is 0 Å². The molecule has 2 fully saturated rings. The molecular formula is C12H22N2O. The molecule has 2 N–H and O–H groups in total. The topological polar surface area (TPSA) is 41.1 Å². The number of hydrogen-bond donors (Lipinski definition) is 2. The van der Waals surface area contributed by atoms with E-state index in [0.717, 1.165) is 45.2 Å². The van der Waals surface area contributed by atoms with Crippen LogP contribution >= 0.6 is 0 Å². The maximum Gasteiger partial charge on any atom is 0.227 e. The van der Waals surface area contributed by atoms with Crippen molar-refractivity contribution in [1.29, 1.82) is 0 Å². The molecule has 1 amide bonds. The van der Waals surface area contributed by atoms with Crippen molar-refractivity contribution < 1.29 is 4.79 Å². The van der Waals surface area contributed by atoms with E-state index in [-0.39, 0.29) is 16.9 Å². The van der Waals surface area contributed by atoms with Gasteiger partial charge in [-0.15, -0.1) is 0 Å². The Labute approximate surface area is 92.0 Å². The molecule has 1 atom stereocenters. The van der Waals surface area contributed by atoms with E-state index in [9.17, 15) is 4.79 Å². The summed E-state index contributed by atoms with van der Waals surface area (Å²) in [5, 5.41) is 6.57. The summed E-state index contributed by atoms with van der Waals surface area (Å²) >= 11 is 0. The third-order valence-electron chi connectivity index (χ3n) is 4.05. The fourth-order valence-electron chi connectivity index (χ4n) is 2.34. The minimum atomic E-state index is -0.135. The number of piperidine rings is 1. The van der Waals surface area contributed by atoms with Crippen molar-refractivity contribution in [3.63, 3.8) is 0 Å². The number of carbonyl (C=O) groups excluding carboxylic acids is 1. The molecule has 1 saturated carbocycles. The second-order valence-corrected chi connectivity index (χ2v) is 5.43. The minimum Gasteiger partial charge on any atom is -0.350 e. The van der Waals surface area contributed by atoms with Gasteiger partial charge in [-0.05, 0) is 45.6 Å². The number of hydrogen-bond acceptors (Lipinski definition) is 2. The highest BCUT2D eigenvalue weighted by atomic mass is 16.2. The van der Waals surface area contributed by atoms with Gasteiger partial charge < -0.3 is 10.6 Å². The molecule has 3 heteroatoms. The van der Waals surface area contributed by atoms with Crippen molar-refractivity contribution in [2.75, 3.05) is 13.1 Å². The summed E-state index contributed by atoms with van der Waals surface area (Å²) in [6.07, 6.45) is 5.40. The van der Waals surface area contributed by atoms with Gasteiger partial charge >= 0.3 is 0 Å². The van der Waals surface area contributed by atoms with Gasteiger partial charge in [-0.2, -0.15) is 0 Å². The molecule has 2 aliphatic rings. The van der Waals surface area contributed by atoms with Gasteiger partial charge in [0, 0.05) is 12.1 Å². The second-order valence-electron chi connectivity index (χ2n) is 5.43. The first kappa shape index (κ1) is 10.9.